The molecule has 1 heterocycles. The van der Waals surface area contributed by atoms with Crippen LogP contribution in [0.3, 0.4) is 0 Å². The van der Waals surface area contributed by atoms with E-state index >= 15 is 0 Å². The predicted octanol–water partition coefficient (Wildman–Crippen LogP) is 7.33. The Labute approximate surface area is 163 Å². The maximum atomic E-state index is 10.4. The molecular formula is C22H43NO2P+. The highest BCUT2D eigenvalue weighted by Crippen LogP contribution is 2.31. The van der Waals surface area contributed by atoms with Crippen LogP contribution in [-0.2, 0) is 4.79 Å². The number of allylic oxidation sites excluding steroid dienone is 2. The minimum absolute atomic E-state index is 0. The summed E-state index contributed by atoms with van der Waals surface area (Å²) < 4.78 is 0. The quantitative estimate of drug-likeness (QED) is 0.157. The van der Waals surface area contributed by atoms with Gasteiger partial charge in [-0.1, -0.05) is 50.7 Å². The van der Waals surface area contributed by atoms with Crippen molar-refractivity contribution < 1.29 is 9.90 Å². The van der Waals surface area contributed by atoms with Gasteiger partial charge < -0.3 is 11.3 Å². The largest absolute Gasteiger partial charge is 0.481 e. The average molecular weight is 385 g/mol. The smallest absolute Gasteiger partial charge is 0.303 e. The molecule has 0 saturated heterocycles. The lowest BCUT2D eigenvalue weighted by molar-refractivity contribution is -0.137. The van der Waals surface area contributed by atoms with Crippen LogP contribution in [0.4, 0.5) is 0 Å². The third-order valence-electron chi connectivity index (χ3n) is 5.03. The second kappa shape index (κ2) is 19.1. The molecule has 0 saturated carbocycles. The zero-order valence-corrected chi connectivity index (χ0v) is 17.9. The maximum absolute atomic E-state index is 10.4. The van der Waals surface area contributed by atoms with Crippen molar-refractivity contribution in [3.63, 3.8) is 0 Å². The Morgan fingerprint density at radius 2 is 1.38 bits per heavy atom. The van der Waals surface area contributed by atoms with E-state index in [4.69, 9.17) is 5.11 Å². The summed E-state index contributed by atoms with van der Waals surface area (Å²) in [6.45, 7) is 0. The van der Waals surface area contributed by atoms with Gasteiger partial charge in [0.2, 0.25) is 0 Å². The summed E-state index contributed by atoms with van der Waals surface area (Å²) in [6, 6.07) is 0. The van der Waals surface area contributed by atoms with Crippen LogP contribution in [0.15, 0.2) is 12.2 Å². The number of carboxylic acids is 1. The van der Waals surface area contributed by atoms with Crippen molar-refractivity contribution in [3.05, 3.63) is 12.2 Å². The molecule has 152 valence electrons. The lowest BCUT2D eigenvalue weighted by Crippen LogP contribution is -1.93. The molecule has 0 bridgehead atoms. The van der Waals surface area contributed by atoms with Crippen molar-refractivity contribution in [2.45, 2.75) is 103 Å². The standard InChI is InChI=1S/C22H39O2P.H3N/c23-22(24)18-14-12-10-8-6-4-2-1-3-5-7-9-11-13-15-19-25-20-16-17-21-25;/h1-2,20H,3-19,21H2;1H3/p+1. The number of hydrogen-bond acceptors (Lipinski definition) is 2. The molecule has 1 aliphatic rings. The number of aliphatic carboxylic acids is 1. The van der Waals surface area contributed by atoms with Gasteiger partial charge in [0.25, 0.3) is 0 Å². The Bertz CT molecular complexity index is 394. The number of carbonyl (C=O) groups is 1. The number of carboxylic acid groups (broad SMARTS) is 1. The summed E-state index contributed by atoms with van der Waals surface area (Å²) in [5.41, 5.74) is 0. The van der Waals surface area contributed by atoms with Crippen LogP contribution < -0.4 is 6.15 Å². The van der Waals surface area contributed by atoms with Crippen LogP contribution in [0.1, 0.15) is 103 Å². The number of unbranched alkanes of at least 4 members (excludes halogenated alkanes) is 11. The van der Waals surface area contributed by atoms with E-state index in [1.807, 2.05) is 0 Å². The van der Waals surface area contributed by atoms with Crippen molar-refractivity contribution in [2.75, 3.05) is 12.3 Å². The van der Waals surface area contributed by atoms with Gasteiger partial charge in [-0.05, 0) is 51.4 Å². The van der Waals surface area contributed by atoms with Crippen molar-refractivity contribution in [1.82, 2.24) is 6.15 Å². The Kier molecular flexibility index (Phi) is 18.6. The van der Waals surface area contributed by atoms with E-state index in [-0.39, 0.29) is 6.15 Å². The van der Waals surface area contributed by atoms with Crippen molar-refractivity contribution in [2.24, 2.45) is 0 Å². The molecule has 4 N–H and O–H groups in total. The van der Waals surface area contributed by atoms with Gasteiger partial charge >= 0.3 is 5.97 Å². The first-order valence-corrected chi connectivity index (χ1v) is 12.5. The van der Waals surface area contributed by atoms with E-state index in [0.29, 0.717) is 14.0 Å². The van der Waals surface area contributed by atoms with E-state index in [1.54, 1.807) is 0 Å². The molecule has 3 nitrogen and oxygen atoms in total. The molecule has 4 heteroatoms. The number of rotatable bonds is 17. The van der Waals surface area contributed by atoms with Crippen LogP contribution in [-0.4, -0.2) is 29.2 Å². The Hall–Kier alpha value is -0.660. The van der Waals surface area contributed by atoms with E-state index < -0.39 is 5.97 Å². The molecule has 0 spiro atoms. The normalized spacial score (nSPS) is 15.2. The van der Waals surface area contributed by atoms with Crippen molar-refractivity contribution in [1.29, 1.82) is 0 Å². The zero-order valence-electron chi connectivity index (χ0n) is 17.0. The van der Waals surface area contributed by atoms with Gasteiger partial charge in [0, 0.05) is 12.8 Å². The predicted molar refractivity (Wildman–Crippen MR) is 118 cm³/mol. The Morgan fingerprint density at radius 3 is 1.92 bits per heavy atom. The van der Waals surface area contributed by atoms with Crippen LogP contribution in [0, 0.1) is 0 Å². The van der Waals surface area contributed by atoms with E-state index in [0.717, 1.165) is 12.8 Å². The van der Waals surface area contributed by atoms with Gasteiger partial charge in [-0.25, -0.2) is 0 Å². The third-order valence-corrected chi connectivity index (χ3v) is 7.59. The number of hydrogen-bond donors (Lipinski definition) is 2. The molecule has 0 radical (unpaired) electrons. The fraction of sp³-hybridized carbons (Fsp3) is 0.818. The highest BCUT2D eigenvalue weighted by Gasteiger charge is 2.14. The zero-order chi connectivity index (χ0) is 18.0. The van der Waals surface area contributed by atoms with Crippen molar-refractivity contribution in [3.8, 4) is 0 Å². The van der Waals surface area contributed by atoms with E-state index in [1.165, 1.54) is 95.8 Å². The second-order valence-electron chi connectivity index (χ2n) is 7.44. The first-order valence-electron chi connectivity index (χ1n) is 10.7. The molecule has 1 rings (SSSR count). The SMILES string of the molecule is N.O=C(O)CCCCCCCC=CCCCCCCCC[P+]1=CCCC1. The molecular weight excluding hydrogens is 341 g/mol. The highest BCUT2D eigenvalue weighted by atomic mass is 31.1. The third kappa shape index (κ3) is 16.8. The molecule has 0 aromatic carbocycles. The summed E-state index contributed by atoms with van der Waals surface area (Å²) >= 11 is 0. The van der Waals surface area contributed by atoms with E-state index in [9.17, 15) is 4.79 Å². The molecule has 1 aliphatic heterocycles. The summed E-state index contributed by atoms with van der Waals surface area (Å²) in [6.07, 6.45) is 27.5. The van der Waals surface area contributed by atoms with Gasteiger partial charge in [0.05, 0.1) is 13.3 Å². The molecule has 1 atom stereocenters. The molecule has 0 aromatic rings. The summed E-state index contributed by atoms with van der Waals surface area (Å²) in [5, 5.41) is 8.56. The van der Waals surface area contributed by atoms with Crippen LogP contribution in [0.2, 0.25) is 0 Å². The Morgan fingerprint density at radius 1 is 0.846 bits per heavy atom. The van der Waals surface area contributed by atoms with Crippen LogP contribution >= 0.6 is 7.55 Å². The fourth-order valence-corrected chi connectivity index (χ4v) is 5.81. The summed E-state index contributed by atoms with van der Waals surface area (Å²) in [7, 11) is 0.352. The van der Waals surface area contributed by atoms with Crippen molar-refractivity contribution >= 4 is 19.3 Å². The fourth-order valence-electron chi connectivity index (χ4n) is 3.45. The molecule has 0 amide bonds. The summed E-state index contributed by atoms with van der Waals surface area (Å²) in [5.74, 6) is 1.95. The molecule has 0 aromatic heterocycles. The van der Waals surface area contributed by atoms with Crippen LogP contribution in [0.5, 0.6) is 0 Å². The first kappa shape index (κ1) is 25.3. The van der Waals surface area contributed by atoms with E-state index in [2.05, 4.69) is 17.9 Å². The lowest BCUT2D eigenvalue weighted by atomic mass is 10.1. The average Bonchev–Trinajstić information content (AvgIpc) is 3.11. The lowest BCUT2D eigenvalue weighted by Gasteiger charge is -1.99. The monoisotopic (exact) mass is 384 g/mol. The topological polar surface area (TPSA) is 72.3 Å². The van der Waals surface area contributed by atoms with Crippen LogP contribution in [0.25, 0.3) is 0 Å². The van der Waals surface area contributed by atoms with Gasteiger partial charge in [0.15, 0.2) is 0 Å². The van der Waals surface area contributed by atoms with Gasteiger partial charge in [-0.15, -0.1) is 0 Å². The van der Waals surface area contributed by atoms with Gasteiger partial charge in [-0.3, -0.25) is 4.79 Å². The first-order chi connectivity index (χ1) is 12.3. The molecule has 1 unspecified atom stereocenters. The maximum Gasteiger partial charge on any atom is 0.303 e. The minimum Gasteiger partial charge on any atom is -0.481 e. The van der Waals surface area contributed by atoms with Gasteiger partial charge in [0.1, 0.15) is 12.3 Å². The van der Waals surface area contributed by atoms with Gasteiger partial charge in [-0.2, -0.15) is 0 Å². The minimum atomic E-state index is -0.661. The molecule has 26 heavy (non-hydrogen) atoms. The molecule has 0 fully saturated rings. The summed E-state index contributed by atoms with van der Waals surface area (Å²) in [4.78, 5) is 10.4. The Balaban J connectivity index is 0.00000625. The second-order valence-corrected chi connectivity index (χ2v) is 9.88. The molecule has 0 aliphatic carbocycles. The highest BCUT2D eigenvalue weighted by molar-refractivity contribution is 7.57.